The molecular formula is C16H15N3O. The van der Waals surface area contributed by atoms with E-state index in [1.165, 1.54) is 0 Å². The van der Waals surface area contributed by atoms with E-state index < -0.39 is 0 Å². The maximum atomic E-state index is 11.8. The van der Waals surface area contributed by atoms with Gasteiger partial charge in [-0.25, -0.2) is 9.97 Å². The Morgan fingerprint density at radius 2 is 1.65 bits per heavy atom. The van der Waals surface area contributed by atoms with E-state index in [0.717, 1.165) is 27.8 Å². The minimum atomic E-state index is 0.00922. The van der Waals surface area contributed by atoms with Crippen LogP contribution in [0.4, 0.5) is 5.69 Å². The van der Waals surface area contributed by atoms with Gasteiger partial charge in [0, 0.05) is 13.5 Å². The highest BCUT2D eigenvalue weighted by atomic mass is 16.2. The summed E-state index contributed by atoms with van der Waals surface area (Å²) in [5, 5.41) is 0. The molecule has 0 spiro atoms. The van der Waals surface area contributed by atoms with E-state index in [0.29, 0.717) is 6.54 Å². The van der Waals surface area contributed by atoms with Gasteiger partial charge in [-0.15, -0.1) is 0 Å². The number of para-hydroxylation sites is 3. The lowest BCUT2D eigenvalue weighted by Crippen LogP contribution is -2.28. The van der Waals surface area contributed by atoms with Crippen LogP contribution in [0.15, 0.2) is 42.5 Å². The summed E-state index contributed by atoms with van der Waals surface area (Å²) in [5.41, 5.74) is 4.09. The van der Waals surface area contributed by atoms with Crippen molar-refractivity contribution >= 4 is 33.7 Å². The zero-order valence-electron chi connectivity index (χ0n) is 11.5. The quantitative estimate of drug-likeness (QED) is 0.669. The summed E-state index contributed by atoms with van der Waals surface area (Å²) >= 11 is 0. The zero-order valence-corrected chi connectivity index (χ0v) is 11.5. The molecular weight excluding hydrogens is 250 g/mol. The predicted octanol–water partition coefficient (Wildman–Crippen LogP) is 3.16. The topological polar surface area (TPSA) is 46.1 Å². The summed E-state index contributed by atoms with van der Waals surface area (Å²) in [6.07, 6.45) is 0. The van der Waals surface area contributed by atoms with E-state index in [9.17, 15) is 4.79 Å². The molecule has 1 heterocycles. The molecule has 0 unspecified atom stereocenters. The molecule has 4 nitrogen and oxygen atoms in total. The van der Waals surface area contributed by atoms with E-state index in [1.54, 1.807) is 11.8 Å². The number of hydrogen-bond donors (Lipinski definition) is 0. The number of hydrogen-bond acceptors (Lipinski definition) is 3. The van der Waals surface area contributed by atoms with E-state index >= 15 is 0 Å². The van der Waals surface area contributed by atoms with Crippen LogP contribution in [0.1, 0.15) is 13.8 Å². The monoisotopic (exact) mass is 265 g/mol. The van der Waals surface area contributed by atoms with Crippen molar-refractivity contribution in [2.45, 2.75) is 13.8 Å². The van der Waals surface area contributed by atoms with Gasteiger partial charge in [0.25, 0.3) is 0 Å². The largest absolute Gasteiger partial charge is 0.311 e. The Labute approximate surface area is 117 Å². The van der Waals surface area contributed by atoms with Crippen LogP contribution in [-0.4, -0.2) is 22.4 Å². The number of fused-ring (bicyclic) bond motifs is 2. The van der Waals surface area contributed by atoms with Crippen molar-refractivity contribution in [1.29, 1.82) is 0 Å². The molecule has 0 N–H and O–H groups in total. The van der Waals surface area contributed by atoms with Gasteiger partial charge in [-0.2, -0.15) is 0 Å². The number of anilines is 1. The number of amides is 1. The van der Waals surface area contributed by atoms with Gasteiger partial charge in [-0.1, -0.05) is 18.2 Å². The number of carbonyl (C=O) groups excluding carboxylic acids is 1. The fraction of sp³-hybridized carbons (Fsp3) is 0.188. The SMILES string of the molecule is CCN(C(C)=O)c1cccc2nc3ccccc3nc12. The molecule has 20 heavy (non-hydrogen) atoms. The molecule has 100 valence electrons. The van der Waals surface area contributed by atoms with Gasteiger partial charge in [-0.3, -0.25) is 4.79 Å². The molecule has 3 rings (SSSR count). The van der Waals surface area contributed by atoms with Crippen LogP contribution < -0.4 is 4.90 Å². The van der Waals surface area contributed by atoms with Crippen LogP contribution >= 0.6 is 0 Å². The van der Waals surface area contributed by atoms with E-state index in [2.05, 4.69) is 9.97 Å². The minimum absolute atomic E-state index is 0.00922. The second-order valence-electron chi connectivity index (χ2n) is 4.62. The van der Waals surface area contributed by atoms with Crippen molar-refractivity contribution in [3.05, 3.63) is 42.5 Å². The van der Waals surface area contributed by atoms with Gasteiger partial charge in [0.1, 0.15) is 5.52 Å². The number of rotatable bonds is 2. The molecule has 0 atom stereocenters. The highest BCUT2D eigenvalue weighted by Gasteiger charge is 2.14. The van der Waals surface area contributed by atoms with Gasteiger partial charge in [-0.05, 0) is 31.2 Å². The van der Waals surface area contributed by atoms with E-state index in [-0.39, 0.29) is 5.91 Å². The summed E-state index contributed by atoms with van der Waals surface area (Å²) in [6, 6.07) is 13.5. The lowest BCUT2D eigenvalue weighted by atomic mass is 10.2. The summed E-state index contributed by atoms with van der Waals surface area (Å²) in [6.45, 7) is 4.13. The fourth-order valence-corrected chi connectivity index (χ4v) is 2.41. The molecule has 1 aromatic heterocycles. The van der Waals surface area contributed by atoms with Crippen LogP contribution in [0.5, 0.6) is 0 Å². The number of benzene rings is 2. The first-order chi connectivity index (χ1) is 9.70. The van der Waals surface area contributed by atoms with Crippen molar-refractivity contribution in [2.75, 3.05) is 11.4 Å². The van der Waals surface area contributed by atoms with Crippen molar-refractivity contribution in [2.24, 2.45) is 0 Å². The maximum Gasteiger partial charge on any atom is 0.223 e. The smallest absolute Gasteiger partial charge is 0.223 e. The molecule has 0 aliphatic rings. The number of aromatic nitrogens is 2. The Hall–Kier alpha value is -2.49. The highest BCUT2D eigenvalue weighted by molar-refractivity contribution is 6.01. The molecule has 2 aromatic carbocycles. The molecule has 0 radical (unpaired) electrons. The first-order valence-electron chi connectivity index (χ1n) is 6.64. The molecule has 0 bridgehead atoms. The standard InChI is InChI=1S/C16H15N3O/c1-3-19(11(2)20)15-10-6-9-14-16(15)18-13-8-5-4-7-12(13)17-14/h4-10H,3H2,1-2H3. The van der Waals surface area contributed by atoms with Gasteiger partial charge in [0.2, 0.25) is 5.91 Å². The molecule has 0 saturated carbocycles. The van der Waals surface area contributed by atoms with E-state index in [4.69, 9.17) is 0 Å². The predicted molar refractivity (Wildman–Crippen MR) is 80.7 cm³/mol. The number of nitrogens with zero attached hydrogens (tertiary/aromatic N) is 3. The fourth-order valence-electron chi connectivity index (χ4n) is 2.41. The summed E-state index contributed by atoms with van der Waals surface area (Å²) in [5.74, 6) is 0.00922. The van der Waals surface area contributed by atoms with Gasteiger partial charge >= 0.3 is 0 Å². The Morgan fingerprint density at radius 3 is 2.30 bits per heavy atom. The Balaban J connectivity index is 2.32. The first kappa shape index (κ1) is 12.5. The van der Waals surface area contributed by atoms with Gasteiger partial charge in [0.05, 0.1) is 22.2 Å². The second kappa shape index (κ2) is 4.89. The molecule has 4 heteroatoms. The summed E-state index contributed by atoms with van der Waals surface area (Å²) in [4.78, 5) is 22.8. The van der Waals surface area contributed by atoms with Crippen molar-refractivity contribution in [3.63, 3.8) is 0 Å². The van der Waals surface area contributed by atoms with Crippen LogP contribution in [0, 0.1) is 0 Å². The van der Waals surface area contributed by atoms with Gasteiger partial charge in [0.15, 0.2) is 0 Å². The van der Waals surface area contributed by atoms with Gasteiger partial charge < -0.3 is 4.90 Å². The minimum Gasteiger partial charge on any atom is -0.311 e. The molecule has 0 fully saturated rings. The van der Waals surface area contributed by atoms with Crippen LogP contribution in [-0.2, 0) is 4.79 Å². The third-order valence-corrected chi connectivity index (χ3v) is 3.34. The highest BCUT2D eigenvalue weighted by Crippen LogP contribution is 2.26. The Morgan fingerprint density at radius 1 is 1.00 bits per heavy atom. The summed E-state index contributed by atoms with van der Waals surface area (Å²) < 4.78 is 0. The van der Waals surface area contributed by atoms with Crippen molar-refractivity contribution in [1.82, 2.24) is 9.97 Å². The second-order valence-corrected chi connectivity index (χ2v) is 4.62. The molecule has 3 aromatic rings. The lowest BCUT2D eigenvalue weighted by Gasteiger charge is -2.20. The molecule has 0 aliphatic heterocycles. The average molecular weight is 265 g/mol. The third-order valence-electron chi connectivity index (χ3n) is 3.34. The van der Waals surface area contributed by atoms with Crippen LogP contribution in [0.3, 0.4) is 0 Å². The average Bonchev–Trinajstić information content (AvgIpc) is 2.46. The van der Waals surface area contributed by atoms with Crippen molar-refractivity contribution in [3.8, 4) is 0 Å². The summed E-state index contributed by atoms with van der Waals surface area (Å²) in [7, 11) is 0. The molecule has 0 saturated heterocycles. The van der Waals surface area contributed by atoms with Crippen LogP contribution in [0.2, 0.25) is 0 Å². The number of carbonyl (C=O) groups is 1. The first-order valence-corrected chi connectivity index (χ1v) is 6.64. The normalized spacial score (nSPS) is 10.9. The Kier molecular flexibility index (Phi) is 3.06. The maximum absolute atomic E-state index is 11.8. The Bertz CT molecular complexity index is 798. The lowest BCUT2D eigenvalue weighted by molar-refractivity contribution is -0.116. The molecule has 1 amide bonds. The van der Waals surface area contributed by atoms with E-state index in [1.807, 2.05) is 49.4 Å². The third kappa shape index (κ3) is 1.99. The van der Waals surface area contributed by atoms with Crippen molar-refractivity contribution < 1.29 is 4.79 Å². The van der Waals surface area contributed by atoms with Crippen LogP contribution in [0.25, 0.3) is 22.1 Å². The zero-order chi connectivity index (χ0) is 14.1. The molecule has 0 aliphatic carbocycles.